The lowest BCUT2D eigenvalue weighted by Crippen LogP contribution is -2.25. The zero-order valence-electron chi connectivity index (χ0n) is 10.6. The highest BCUT2D eigenvalue weighted by atomic mass is 16.4. The molecule has 1 aromatic carbocycles. The summed E-state index contributed by atoms with van der Waals surface area (Å²) < 4.78 is 0. The number of hydrogen-bond donors (Lipinski definition) is 4. The third kappa shape index (κ3) is 4.50. The zero-order valence-corrected chi connectivity index (χ0v) is 10.6. The van der Waals surface area contributed by atoms with E-state index < -0.39 is 17.8 Å². The molecule has 0 aromatic heterocycles. The molecule has 1 amide bonds. The van der Waals surface area contributed by atoms with Gasteiger partial charge < -0.3 is 20.6 Å². The van der Waals surface area contributed by atoms with Crippen LogP contribution in [0.3, 0.4) is 0 Å². The third-order valence-electron chi connectivity index (χ3n) is 2.75. The van der Waals surface area contributed by atoms with Crippen LogP contribution in [0.4, 0.5) is 0 Å². The van der Waals surface area contributed by atoms with Gasteiger partial charge in [0.05, 0.1) is 11.5 Å². The van der Waals surface area contributed by atoms with Gasteiger partial charge in [-0.2, -0.15) is 0 Å². The molecule has 0 saturated carbocycles. The van der Waals surface area contributed by atoms with Gasteiger partial charge in [0, 0.05) is 12.6 Å². The fraction of sp³-hybridized carbons (Fsp3) is 0.385. The van der Waals surface area contributed by atoms with Gasteiger partial charge in [-0.05, 0) is 25.0 Å². The second kappa shape index (κ2) is 6.63. The molecule has 19 heavy (non-hydrogen) atoms. The van der Waals surface area contributed by atoms with Crippen LogP contribution >= 0.6 is 0 Å². The lowest BCUT2D eigenvalue weighted by atomic mass is 10.1. The molecule has 1 rings (SSSR count). The molecular formula is C13H17NO5. The maximum absolute atomic E-state index is 11.7. The molecular weight excluding hydrogens is 250 g/mol. The van der Waals surface area contributed by atoms with Crippen molar-refractivity contribution < 1.29 is 24.9 Å². The number of phenols is 2. The van der Waals surface area contributed by atoms with E-state index >= 15 is 0 Å². The summed E-state index contributed by atoms with van der Waals surface area (Å²) >= 11 is 0. The van der Waals surface area contributed by atoms with Gasteiger partial charge in [0.25, 0.3) is 5.91 Å². The Hall–Kier alpha value is -2.24. The Morgan fingerprint density at radius 3 is 2.58 bits per heavy atom. The smallest absolute Gasteiger partial charge is 0.306 e. The number of amides is 1. The number of hydrogen-bond acceptors (Lipinski definition) is 4. The number of aliphatic carboxylic acids is 1. The van der Waals surface area contributed by atoms with Crippen molar-refractivity contribution in [2.45, 2.75) is 19.8 Å². The van der Waals surface area contributed by atoms with E-state index in [-0.39, 0.29) is 17.1 Å². The standard InChI is InChI=1S/C13H17NO5/c1-8(13(18)19)3-2-6-14-12(17)10-5-4-9(15)7-11(10)16/h4-5,7-8,15-16H,2-3,6H2,1H3,(H,14,17)(H,18,19). The molecule has 0 fully saturated rings. The van der Waals surface area contributed by atoms with E-state index in [0.717, 1.165) is 6.07 Å². The summed E-state index contributed by atoms with van der Waals surface area (Å²) in [5.74, 6) is -2.18. The first kappa shape index (κ1) is 14.8. The van der Waals surface area contributed by atoms with E-state index in [1.807, 2.05) is 0 Å². The number of carboxylic acids is 1. The van der Waals surface area contributed by atoms with E-state index in [1.165, 1.54) is 12.1 Å². The first-order chi connectivity index (χ1) is 8.91. The SMILES string of the molecule is CC(CCCNC(=O)c1ccc(O)cc1O)C(=O)O. The van der Waals surface area contributed by atoms with E-state index in [9.17, 15) is 14.7 Å². The van der Waals surface area contributed by atoms with Crippen molar-refractivity contribution in [3.05, 3.63) is 23.8 Å². The molecule has 1 unspecified atom stereocenters. The summed E-state index contributed by atoms with van der Waals surface area (Å²) in [6, 6.07) is 3.71. The lowest BCUT2D eigenvalue weighted by Gasteiger charge is -2.08. The largest absolute Gasteiger partial charge is 0.508 e. The Morgan fingerprint density at radius 1 is 1.32 bits per heavy atom. The van der Waals surface area contributed by atoms with Crippen LogP contribution < -0.4 is 5.32 Å². The predicted octanol–water partition coefficient (Wildman–Crippen LogP) is 1.33. The Labute approximate surface area is 110 Å². The summed E-state index contributed by atoms with van der Waals surface area (Å²) in [6.45, 7) is 1.94. The van der Waals surface area contributed by atoms with E-state index in [1.54, 1.807) is 6.92 Å². The van der Waals surface area contributed by atoms with Crippen molar-refractivity contribution in [1.82, 2.24) is 5.32 Å². The fourth-order valence-electron chi connectivity index (χ4n) is 1.54. The summed E-state index contributed by atoms with van der Waals surface area (Å²) in [6.07, 6.45) is 1.01. The second-order valence-electron chi connectivity index (χ2n) is 4.34. The maximum atomic E-state index is 11.7. The summed E-state index contributed by atoms with van der Waals surface area (Å²) in [5.41, 5.74) is 0.0732. The number of nitrogens with one attached hydrogen (secondary N) is 1. The molecule has 0 heterocycles. The normalized spacial score (nSPS) is 11.8. The molecule has 6 heteroatoms. The number of carbonyl (C=O) groups is 2. The van der Waals surface area contributed by atoms with Crippen LogP contribution in [0.1, 0.15) is 30.1 Å². The van der Waals surface area contributed by atoms with Crippen molar-refractivity contribution in [2.75, 3.05) is 6.54 Å². The number of carbonyl (C=O) groups excluding carboxylic acids is 1. The zero-order chi connectivity index (χ0) is 14.4. The fourth-order valence-corrected chi connectivity index (χ4v) is 1.54. The van der Waals surface area contributed by atoms with Gasteiger partial charge in [-0.15, -0.1) is 0 Å². The van der Waals surface area contributed by atoms with Crippen LogP contribution in [-0.2, 0) is 4.79 Å². The second-order valence-corrected chi connectivity index (χ2v) is 4.34. The maximum Gasteiger partial charge on any atom is 0.306 e. The van der Waals surface area contributed by atoms with Gasteiger partial charge in [-0.25, -0.2) is 0 Å². The molecule has 0 saturated heterocycles. The van der Waals surface area contributed by atoms with Crippen molar-refractivity contribution in [2.24, 2.45) is 5.92 Å². The van der Waals surface area contributed by atoms with Crippen LogP contribution in [0, 0.1) is 5.92 Å². The predicted molar refractivity (Wildman–Crippen MR) is 68.1 cm³/mol. The van der Waals surface area contributed by atoms with Gasteiger partial charge in [-0.3, -0.25) is 9.59 Å². The van der Waals surface area contributed by atoms with Crippen LogP contribution in [0.15, 0.2) is 18.2 Å². The quantitative estimate of drug-likeness (QED) is 0.582. The number of phenolic OH excluding ortho intramolecular Hbond substituents is 2. The Kier molecular flexibility index (Phi) is 5.17. The number of carboxylic acid groups (broad SMARTS) is 1. The van der Waals surface area contributed by atoms with Gasteiger partial charge in [0.2, 0.25) is 0 Å². The highest BCUT2D eigenvalue weighted by Gasteiger charge is 2.12. The lowest BCUT2D eigenvalue weighted by molar-refractivity contribution is -0.141. The molecule has 0 aliphatic rings. The summed E-state index contributed by atoms with van der Waals surface area (Å²) in [7, 11) is 0. The molecule has 0 bridgehead atoms. The van der Waals surface area contributed by atoms with Gasteiger partial charge in [-0.1, -0.05) is 6.92 Å². The molecule has 104 valence electrons. The van der Waals surface area contributed by atoms with Gasteiger partial charge >= 0.3 is 5.97 Å². The van der Waals surface area contributed by atoms with Crippen LogP contribution in [-0.4, -0.2) is 33.7 Å². The van der Waals surface area contributed by atoms with Crippen molar-refractivity contribution in [3.63, 3.8) is 0 Å². The Balaban J connectivity index is 2.41. The molecule has 1 atom stereocenters. The third-order valence-corrected chi connectivity index (χ3v) is 2.75. The summed E-state index contributed by atoms with van der Waals surface area (Å²) in [5, 5.41) is 29.8. The number of rotatable bonds is 6. The molecule has 1 aromatic rings. The van der Waals surface area contributed by atoms with Crippen molar-refractivity contribution in [3.8, 4) is 11.5 Å². The van der Waals surface area contributed by atoms with Gasteiger partial charge in [0.1, 0.15) is 11.5 Å². The average molecular weight is 267 g/mol. The number of aromatic hydroxyl groups is 2. The van der Waals surface area contributed by atoms with Crippen molar-refractivity contribution in [1.29, 1.82) is 0 Å². The molecule has 0 aliphatic carbocycles. The molecule has 0 radical (unpaired) electrons. The molecule has 6 nitrogen and oxygen atoms in total. The van der Waals surface area contributed by atoms with Crippen LogP contribution in [0.2, 0.25) is 0 Å². The van der Waals surface area contributed by atoms with E-state index in [4.69, 9.17) is 10.2 Å². The molecule has 4 N–H and O–H groups in total. The highest BCUT2D eigenvalue weighted by Crippen LogP contribution is 2.22. The topological polar surface area (TPSA) is 107 Å². The average Bonchev–Trinajstić information content (AvgIpc) is 2.33. The van der Waals surface area contributed by atoms with Crippen molar-refractivity contribution >= 4 is 11.9 Å². The van der Waals surface area contributed by atoms with E-state index in [2.05, 4.69) is 5.32 Å². The minimum Gasteiger partial charge on any atom is -0.508 e. The first-order valence-electron chi connectivity index (χ1n) is 5.94. The summed E-state index contributed by atoms with van der Waals surface area (Å²) in [4.78, 5) is 22.3. The Morgan fingerprint density at radius 2 is 2.00 bits per heavy atom. The van der Waals surface area contributed by atoms with Crippen LogP contribution in [0.25, 0.3) is 0 Å². The minimum atomic E-state index is -0.859. The molecule has 0 spiro atoms. The highest BCUT2D eigenvalue weighted by molar-refractivity contribution is 5.96. The number of benzene rings is 1. The minimum absolute atomic E-state index is 0.0732. The monoisotopic (exact) mass is 267 g/mol. The van der Waals surface area contributed by atoms with Gasteiger partial charge in [0.15, 0.2) is 0 Å². The molecule has 0 aliphatic heterocycles. The van der Waals surface area contributed by atoms with Crippen LogP contribution in [0.5, 0.6) is 11.5 Å². The first-order valence-corrected chi connectivity index (χ1v) is 5.94. The Bertz CT molecular complexity index is 472. The van der Waals surface area contributed by atoms with E-state index in [0.29, 0.717) is 19.4 Å².